The molecule has 28 heavy (non-hydrogen) atoms. The van der Waals surface area contributed by atoms with Gasteiger partial charge in [0, 0.05) is 24.1 Å². The molecule has 148 valence electrons. The Morgan fingerprint density at radius 2 is 1.82 bits per heavy atom. The van der Waals surface area contributed by atoms with Gasteiger partial charge in [0.25, 0.3) is 5.91 Å². The first kappa shape index (κ1) is 18.9. The van der Waals surface area contributed by atoms with Gasteiger partial charge in [0.05, 0.1) is 45.5 Å². The van der Waals surface area contributed by atoms with Crippen LogP contribution in [0.4, 0.5) is 5.82 Å². The van der Waals surface area contributed by atoms with Crippen molar-refractivity contribution in [1.82, 2.24) is 14.9 Å². The molecule has 0 atom stereocenters. The van der Waals surface area contributed by atoms with E-state index in [1.807, 2.05) is 24.0 Å². The summed E-state index contributed by atoms with van der Waals surface area (Å²) in [6.45, 7) is 9.64. The maximum Gasteiger partial charge on any atom is 0.254 e. The van der Waals surface area contributed by atoms with Crippen molar-refractivity contribution in [2.45, 2.75) is 33.2 Å². The van der Waals surface area contributed by atoms with Crippen molar-refractivity contribution in [1.29, 1.82) is 0 Å². The van der Waals surface area contributed by atoms with Gasteiger partial charge in [-0.3, -0.25) is 4.79 Å². The highest BCUT2D eigenvalue weighted by molar-refractivity contribution is 5.94. The van der Waals surface area contributed by atoms with Crippen molar-refractivity contribution in [3.8, 4) is 0 Å². The molecule has 2 aliphatic heterocycles. The predicted octanol–water partition coefficient (Wildman–Crippen LogP) is 0.881. The van der Waals surface area contributed by atoms with Crippen molar-refractivity contribution in [2.75, 3.05) is 44.7 Å². The second kappa shape index (κ2) is 7.87. The molecule has 0 radical (unpaired) electrons. The van der Waals surface area contributed by atoms with Crippen LogP contribution in [0.1, 0.15) is 39.9 Å². The summed E-state index contributed by atoms with van der Waals surface area (Å²) < 4.78 is 0. The molecule has 6 nitrogen and oxygen atoms in total. The highest BCUT2D eigenvalue weighted by Crippen LogP contribution is 2.27. The number of piperazine rings is 1. The number of rotatable bonds is 3. The van der Waals surface area contributed by atoms with E-state index in [1.165, 1.54) is 5.56 Å². The fourth-order valence-electron chi connectivity index (χ4n) is 4.12. The molecule has 1 saturated heterocycles. The fraction of sp³-hybridized carbons (Fsp3) is 0.500. The quantitative estimate of drug-likeness (QED) is 0.859. The molecule has 2 aromatic rings. The molecule has 1 fully saturated rings. The van der Waals surface area contributed by atoms with E-state index in [-0.39, 0.29) is 5.91 Å². The monoisotopic (exact) mass is 380 g/mol. The van der Waals surface area contributed by atoms with Crippen molar-refractivity contribution in [3.05, 3.63) is 52.5 Å². The Labute approximate surface area is 167 Å². The summed E-state index contributed by atoms with van der Waals surface area (Å²) >= 11 is 0. The number of anilines is 1. The lowest BCUT2D eigenvalue weighted by Crippen LogP contribution is -3.12. The third-order valence-electron chi connectivity index (χ3n) is 5.96. The van der Waals surface area contributed by atoms with Gasteiger partial charge in [-0.2, -0.15) is 0 Å². The molecule has 0 bridgehead atoms. The molecule has 0 spiro atoms. The third kappa shape index (κ3) is 3.74. The number of nitrogens with zero attached hydrogens (tertiary/aromatic N) is 4. The van der Waals surface area contributed by atoms with Gasteiger partial charge >= 0.3 is 0 Å². The topological polar surface area (TPSA) is 53.8 Å². The SMILES string of the molecule is CCc1ccc(C(=O)N2CCc3nc(C)nc(N4CC[NH+](C)CC4)c3C2)cc1. The van der Waals surface area contributed by atoms with Gasteiger partial charge in [0.2, 0.25) is 0 Å². The van der Waals surface area contributed by atoms with Crippen LogP contribution in [0.5, 0.6) is 0 Å². The van der Waals surface area contributed by atoms with Crippen LogP contribution in [0.3, 0.4) is 0 Å². The average molecular weight is 381 g/mol. The van der Waals surface area contributed by atoms with Crippen LogP contribution >= 0.6 is 0 Å². The summed E-state index contributed by atoms with van der Waals surface area (Å²) in [5, 5.41) is 0. The lowest BCUT2D eigenvalue weighted by atomic mass is 10.0. The molecule has 0 saturated carbocycles. The van der Waals surface area contributed by atoms with Gasteiger partial charge in [-0.05, 0) is 31.0 Å². The second-order valence-electron chi connectivity index (χ2n) is 7.99. The first-order valence-corrected chi connectivity index (χ1v) is 10.4. The number of likely N-dealkylation sites (N-methyl/N-ethyl adjacent to an activating group) is 1. The number of aryl methyl sites for hydroxylation is 2. The van der Waals surface area contributed by atoms with Crippen LogP contribution in [0.2, 0.25) is 0 Å². The Morgan fingerprint density at radius 1 is 1.11 bits per heavy atom. The third-order valence-corrected chi connectivity index (χ3v) is 5.96. The number of quaternary nitrogens is 1. The van der Waals surface area contributed by atoms with E-state index in [0.29, 0.717) is 13.1 Å². The Morgan fingerprint density at radius 3 is 2.50 bits per heavy atom. The van der Waals surface area contributed by atoms with Gasteiger partial charge in [-0.15, -0.1) is 0 Å². The largest absolute Gasteiger partial charge is 0.345 e. The van der Waals surface area contributed by atoms with Crippen LogP contribution in [0, 0.1) is 6.92 Å². The van der Waals surface area contributed by atoms with Crippen LogP contribution in [0.15, 0.2) is 24.3 Å². The minimum absolute atomic E-state index is 0.0997. The van der Waals surface area contributed by atoms with E-state index < -0.39 is 0 Å². The van der Waals surface area contributed by atoms with Gasteiger partial charge in [0.1, 0.15) is 11.6 Å². The zero-order chi connectivity index (χ0) is 19.7. The molecular weight excluding hydrogens is 350 g/mol. The number of hydrogen-bond acceptors (Lipinski definition) is 4. The zero-order valence-electron chi connectivity index (χ0n) is 17.2. The summed E-state index contributed by atoms with van der Waals surface area (Å²) in [4.78, 5) is 28.4. The minimum atomic E-state index is 0.0997. The normalized spacial score (nSPS) is 17.5. The van der Waals surface area contributed by atoms with Crippen molar-refractivity contribution >= 4 is 11.7 Å². The average Bonchev–Trinajstić information content (AvgIpc) is 2.73. The van der Waals surface area contributed by atoms with Gasteiger partial charge < -0.3 is 14.7 Å². The van der Waals surface area contributed by atoms with Gasteiger partial charge in [-0.25, -0.2) is 9.97 Å². The molecule has 1 N–H and O–H groups in total. The molecule has 3 heterocycles. The molecule has 6 heteroatoms. The smallest absolute Gasteiger partial charge is 0.254 e. The van der Waals surface area contributed by atoms with E-state index >= 15 is 0 Å². The number of benzene rings is 1. The van der Waals surface area contributed by atoms with E-state index in [2.05, 4.69) is 31.0 Å². The maximum absolute atomic E-state index is 13.1. The molecule has 4 rings (SSSR count). The fourth-order valence-corrected chi connectivity index (χ4v) is 4.12. The first-order valence-electron chi connectivity index (χ1n) is 10.4. The van der Waals surface area contributed by atoms with Gasteiger partial charge in [-0.1, -0.05) is 19.1 Å². The molecule has 1 aromatic carbocycles. The second-order valence-corrected chi connectivity index (χ2v) is 7.99. The molecule has 0 aliphatic carbocycles. The number of fused-ring (bicyclic) bond motifs is 1. The van der Waals surface area contributed by atoms with Crippen LogP contribution in [-0.4, -0.2) is 60.5 Å². The van der Waals surface area contributed by atoms with E-state index in [0.717, 1.165) is 67.5 Å². The lowest BCUT2D eigenvalue weighted by molar-refractivity contribution is -0.880. The molecule has 1 aromatic heterocycles. The van der Waals surface area contributed by atoms with Crippen LogP contribution in [0.25, 0.3) is 0 Å². The van der Waals surface area contributed by atoms with Crippen molar-refractivity contribution < 1.29 is 9.69 Å². The van der Waals surface area contributed by atoms with Crippen molar-refractivity contribution in [2.24, 2.45) is 0 Å². The summed E-state index contributed by atoms with van der Waals surface area (Å²) in [5.41, 5.74) is 4.26. The Balaban J connectivity index is 1.59. The maximum atomic E-state index is 13.1. The molecular formula is C22H30N5O+. The number of hydrogen-bond donors (Lipinski definition) is 1. The van der Waals surface area contributed by atoms with E-state index in [1.54, 1.807) is 4.90 Å². The van der Waals surface area contributed by atoms with Crippen LogP contribution in [-0.2, 0) is 19.4 Å². The number of nitrogens with one attached hydrogen (secondary N) is 1. The standard InChI is InChI=1S/C22H29N5O/c1-4-17-5-7-18(8-6-17)22(28)27-10-9-20-19(15-27)21(24-16(2)23-20)26-13-11-25(3)12-14-26/h5-8H,4,9-15H2,1-3H3/p+1. The lowest BCUT2D eigenvalue weighted by Gasteiger charge is -2.35. The van der Waals surface area contributed by atoms with E-state index in [9.17, 15) is 4.79 Å². The first-order chi connectivity index (χ1) is 13.5. The predicted molar refractivity (Wildman–Crippen MR) is 110 cm³/mol. The zero-order valence-corrected chi connectivity index (χ0v) is 17.2. The van der Waals surface area contributed by atoms with Crippen molar-refractivity contribution in [3.63, 3.8) is 0 Å². The van der Waals surface area contributed by atoms with E-state index in [4.69, 9.17) is 9.97 Å². The Bertz CT molecular complexity index is 856. The molecule has 0 unspecified atom stereocenters. The highest BCUT2D eigenvalue weighted by atomic mass is 16.2. The Hall–Kier alpha value is -2.47. The highest BCUT2D eigenvalue weighted by Gasteiger charge is 2.29. The molecule has 2 aliphatic rings. The number of amides is 1. The number of carbonyl (C=O) groups is 1. The van der Waals surface area contributed by atoms with Gasteiger partial charge in [0.15, 0.2) is 0 Å². The van der Waals surface area contributed by atoms with Crippen LogP contribution < -0.4 is 9.80 Å². The molecule has 1 amide bonds. The minimum Gasteiger partial charge on any atom is -0.345 e. The number of aromatic nitrogens is 2. The summed E-state index contributed by atoms with van der Waals surface area (Å²) in [6.07, 6.45) is 1.78. The summed E-state index contributed by atoms with van der Waals surface area (Å²) in [5.74, 6) is 1.96. The Kier molecular flexibility index (Phi) is 5.31. The number of carbonyl (C=O) groups excluding carboxylic acids is 1. The summed E-state index contributed by atoms with van der Waals surface area (Å²) in [7, 11) is 2.24. The summed E-state index contributed by atoms with van der Waals surface area (Å²) in [6, 6.07) is 8.00.